The van der Waals surface area contributed by atoms with Crippen molar-refractivity contribution in [1.29, 1.82) is 0 Å². The Kier molecular flexibility index (Phi) is 5.07. The summed E-state index contributed by atoms with van der Waals surface area (Å²) < 4.78 is 11.0. The second-order valence-corrected chi connectivity index (χ2v) is 6.58. The third-order valence-electron chi connectivity index (χ3n) is 4.87. The smallest absolute Gasteiger partial charge is 0.259 e. The maximum Gasteiger partial charge on any atom is 0.259 e. The molecule has 2 heterocycles. The van der Waals surface area contributed by atoms with Gasteiger partial charge < -0.3 is 14.4 Å². The lowest BCUT2D eigenvalue weighted by Crippen LogP contribution is -2.49. The molecule has 2 aromatic rings. The first-order valence-corrected chi connectivity index (χ1v) is 9.19. The minimum atomic E-state index is -0.435. The maximum atomic E-state index is 13.3. The summed E-state index contributed by atoms with van der Waals surface area (Å²) in [6.45, 7) is 2.71. The van der Waals surface area contributed by atoms with Crippen LogP contribution >= 0.6 is 0 Å². The van der Waals surface area contributed by atoms with E-state index in [2.05, 4.69) is 4.90 Å². The van der Waals surface area contributed by atoms with Gasteiger partial charge in [0, 0.05) is 19.5 Å². The van der Waals surface area contributed by atoms with E-state index in [0.29, 0.717) is 31.3 Å². The Hall–Kier alpha value is -2.86. The van der Waals surface area contributed by atoms with Crippen LogP contribution in [-0.4, -0.2) is 56.2 Å². The third kappa shape index (κ3) is 3.53. The van der Waals surface area contributed by atoms with Gasteiger partial charge in [0.05, 0.1) is 26.0 Å². The molecule has 1 atom stereocenters. The fraction of sp³-hybridized carbons (Fsp3) is 0.333. The number of methoxy groups -OCH3 is 1. The van der Waals surface area contributed by atoms with Crippen LogP contribution in [0, 0.1) is 0 Å². The van der Waals surface area contributed by atoms with Crippen LogP contribution in [0.1, 0.15) is 5.56 Å². The molecular weight excluding hydrogens is 342 g/mol. The van der Waals surface area contributed by atoms with Gasteiger partial charge in [-0.1, -0.05) is 42.5 Å². The minimum absolute atomic E-state index is 0.0233. The van der Waals surface area contributed by atoms with Gasteiger partial charge in [-0.05, 0) is 17.7 Å². The van der Waals surface area contributed by atoms with E-state index in [0.717, 1.165) is 24.3 Å². The van der Waals surface area contributed by atoms with Crippen molar-refractivity contribution < 1.29 is 14.3 Å². The summed E-state index contributed by atoms with van der Waals surface area (Å²) >= 11 is 0. The van der Waals surface area contributed by atoms with E-state index in [4.69, 9.17) is 14.5 Å². The Bertz CT molecular complexity index is 832. The number of aliphatic imine (C=N–C) groups is 1. The van der Waals surface area contributed by atoms with Crippen molar-refractivity contribution in [3.05, 3.63) is 60.2 Å². The van der Waals surface area contributed by atoms with Crippen LogP contribution in [0.2, 0.25) is 0 Å². The molecule has 1 unspecified atom stereocenters. The highest BCUT2D eigenvalue weighted by Crippen LogP contribution is 2.32. The standard InChI is InChI=1S/C21H23N3O3/c1-26-19-10-6-5-9-18(19)24-20(25)17(15-16-7-3-2-4-8-16)22-21(24)23-11-13-27-14-12-23/h2-10,17H,11-15H2,1H3. The molecule has 140 valence electrons. The summed E-state index contributed by atoms with van der Waals surface area (Å²) in [4.78, 5) is 22.0. The van der Waals surface area contributed by atoms with Crippen LogP contribution in [0.4, 0.5) is 5.69 Å². The van der Waals surface area contributed by atoms with Gasteiger partial charge in [-0.2, -0.15) is 0 Å². The van der Waals surface area contributed by atoms with Crippen molar-refractivity contribution in [3.8, 4) is 5.75 Å². The van der Waals surface area contributed by atoms with Gasteiger partial charge in [-0.25, -0.2) is 9.89 Å². The fourth-order valence-corrected chi connectivity index (χ4v) is 3.50. The largest absolute Gasteiger partial charge is 0.495 e. The quantitative estimate of drug-likeness (QED) is 0.835. The summed E-state index contributed by atoms with van der Waals surface area (Å²) in [5, 5.41) is 0. The van der Waals surface area contributed by atoms with E-state index in [1.54, 1.807) is 12.0 Å². The molecule has 0 bridgehead atoms. The number of benzene rings is 2. The molecule has 1 saturated heterocycles. The van der Waals surface area contributed by atoms with E-state index in [1.807, 2.05) is 54.6 Å². The number of rotatable bonds is 4. The van der Waals surface area contributed by atoms with E-state index in [1.165, 1.54) is 0 Å². The van der Waals surface area contributed by atoms with Gasteiger partial charge in [0.25, 0.3) is 5.91 Å². The second-order valence-electron chi connectivity index (χ2n) is 6.58. The van der Waals surface area contributed by atoms with Gasteiger partial charge in [0.2, 0.25) is 5.96 Å². The molecule has 4 rings (SSSR count). The lowest BCUT2D eigenvalue weighted by Gasteiger charge is -2.32. The summed E-state index contributed by atoms with van der Waals surface area (Å²) in [5.74, 6) is 1.32. The number of hydrogen-bond donors (Lipinski definition) is 0. The van der Waals surface area contributed by atoms with Crippen LogP contribution in [-0.2, 0) is 16.0 Å². The summed E-state index contributed by atoms with van der Waals surface area (Å²) in [6.07, 6.45) is 0.583. The van der Waals surface area contributed by atoms with Crippen LogP contribution in [0.15, 0.2) is 59.6 Å². The third-order valence-corrected chi connectivity index (χ3v) is 4.87. The first-order valence-electron chi connectivity index (χ1n) is 9.19. The zero-order chi connectivity index (χ0) is 18.6. The van der Waals surface area contributed by atoms with Crippen LogP contribution in [0.25, 0.3) is 0 Å². The van der Waals surface area contributed by atoms with E-state index >= 15 is 0 Å². The van der Waals surface area contributed by atoms with Crippen molar-refractivity contribution in [2.75, 3.05) is 38.3 Å². The zero-order valence-corrected chi connectivity index (χ0v) is 15.4. The minimum Gasteiger partial charge on any atom is -0.495 e. The number of ether oxygens (including phenoxy) is 2. The predicted molar refractivity (Wildman–Crippen MR) is 104 cm³/mol. The van der Waals surface area contributed by atoms with Crippen molar-refractivity contribution in [3.63, 3.8) is 0 Å². The maximum absolute atomic E-state index is 13.3. The average Bonchev–Trinajstić information content (AvgIpc) is 3.05. The number of carbonyl (C=O) groups is 1. The first kappa shape index (κ1) is 17.5. The lowest BCUT2D eigenvalue weighted by molar-refractivity contribution is -0.118. The van der Waals surface area contributed by atoms with Crippen LogP contribution < -0.4 is 9.64 Å². The van der Waals surface area contributed by atoms with Crippen molar-refractivity contribution in [2.24, 2.45) is 4.99 Å². The Morgan fingerprint density at radius 1 is 1.07 bits per heavy atom. The molecule has 1 fully saturated rings. The van der Waals surface area contributed by atoms with Crippen molar-refractivity contribution in [1.82, 2.24) is 4.90 Å². The number of amides is 1. The molecule has 2 aromatic carbocycles. The molecule has 2 aliphatic rings. The van der Waals surface area contributed by atoms with Gasteiger partial charge in [-0.15, -0.1) is 0 Å². The van der Waals surface area contributed by atoms with Gasteiger partial charge in [0.1, 0.15) is 11.8 Å². The monoisotopic (exact) mass is 365 g/mol. The highest BCUT2D eigenvalue weighted by molar-refractivity contribution is 6.22. The molecule has 0 radical (unpaired) electrons. The van der Waals surface area contributed by atoms with Gasteiger partial charge >= 0.3 is 0 Å². The number of nitrogens with zero attached hydrogens (tertiary/aromatic N) is 3. The Labute approximate surface area is 159 Å². The molecule has 0 spiro atoms. The molecule has 0 saturated carbocycles. The first-order chi connectivity index (χ1) is 13.3. The summed E-state index contributed by atoms with van der Waals surface area (Å²) in [6, 6.07) is 17.1. The molecule has 27 heavy (non-hydrogen) atoms. The zero-order valence-electron chi connectivity index (χ0n) is 15.4. The molecule has 6 nitrogen and oxygen atoms in total. The average molecular weight is 365 g/mol. The van der Waals surface area contributed by atoms with E-state index in [9.17, 15) is 4.79 Å². The number of guanidine groups is 1. The number of anilines is 1. The van der Waals surface area contributed by atoms with Gasteiger partial charge in [0.15, 0.2) is 0 Å². The molecule has 0 aliphatic carbocycles. The topological polar surface area (TPSA) is 54.4 Å². The number of morpholine rings is 1. The molecule has 6 heteroatoms. The number of hydrogen-bond acceptors (Lipinski definition) is 5. The second kappa shape index (κ2) is 7.80. The molecule has 2 aliphatic heterocycles. The lowest BCUT2D eigenvalue weighted by atomic mass is 10.1. The highest BCUT2D eigenvalue weighted by atomic mass is 16.5. The molecule has 0 aromatic heterocycles. The Morgan fingerprint density at radius 3 is 2.52 bits per heavy atom. The van der Waals surface area contributed by atoms with E-state index < -0.39 is 6.04 Å². The fourth-order valence-electron chi connectivity index (χ4n) is 3.50. The normalized spacial score (nSPS) is 20.0. The molecular formula is C21H23N3O3. The Morgan fingerprint density at radius 2 is 1.78 bits per heavy atom. The van der Waals surface area contributed by atoms with Gasteiger partial charge in [-0.3, -0.25) is 4.79 Å². The number of para-hydroxylation sites is 2. The number of carbonyl (C=O) groups excluding carboxylic acids is 1. The molecule has 1 amide bonds. The predicted octanol–water partition coefficient (Wildman–Crippen LogP) is 2.34. The van der Waals surface area contributed by atoms with Crippen LogP contribution in [0.5, 0.6) is 5.75 Å². The van der Waals surface area contributed by atoms with Crippen molar-refractivity contribution >= 4 is 17.6 Å². The van der Waals surface area contributed by atoms with Crippen molar-refractivity contribution in [2.45, 2.75) is 12.5 Å². The van der Waals surface area contributed by atoms with Crippen LogP contribution in [0.3, 0.4) is 0 Å². The Balaban J connectivity index is 1.69. The highest BCUT2D eigenvalue weighted by Gasteiger charge is 2.39. The summed E-state index contributed by atoms with van der Waals surface area (Å²) in [7, 11) is 1.62. The molecule has 0 N–H and O–H groups in total. The SMILES string of the molecule is COc1ccccc1N1C(=O)C(Cc2ccccc2)N=C1N1CCOCC1. The van der Waals surface area contributed by atoms with E-state index in [-0.39, 0.29) is 5.91 Å². The summed E-state index contributed by atoms with van der Waals surface area (Å²) in [5.41, 5.74) is 1.83.